The molecule has 0 saturated heterocycles. The van der Waals surface area contributed by atoms with Gasteiger partial charge in [-0.15, -0.1) is 0 Å². The van der Waals surface area contributed by atoms with Crippen LogP contribution in [0, 0.1) is 0 Å². The Bertz CT molecular complexity index is 754. The molecule has 0 radical (unpaired) electrons. The number of anilines is 2. The normalized spacial score (nSPS) is 12.8. The molecule has 0 amide bonds. The third-order valence-electron chi connectivity index (χ3n) is 2.87. The molecule has 3 aromatic rings. The first-order valence-corrected chi connectivity index (χ1v) is 5.77. The fourth-order valence-electron chi connectivity index (χ4n) is 1.97. The smallest absolute Gasteiger partial charge is 0.231 e. The molecule has 0 aliphatic carbocycles. The number of nitrogens with zero attached hydrogens (tertiary/aromatic N) is 2. The minimum absolute atomic E-state index is 0.257. The van der Waals surface area contributed by atoms with Gasteiger partial charge in [-0.05, 0) is 24.3 Å². The fraction of sp³-hybridized carbons (Fsp3) is 0.0769. The van der Waals surface area contributed by atoms with Crippen molar-refractivity contribution < 1.29 is 14.0 Å². The molecule has 0 atom stereocenters. The molecular formula is C13H9N3O3. The topological polar surface area (TPSA) is 69.4 Å². The van der Waals surface area contributed by atoms with Gasteiger partial charge in [-0.3, -0.25) is 0 Å². The van der Waals surface area contributed by atoms with E-state index in [4.69, 9.17) is 14.0 Å². The predicted molar refractivity (Wildman–Crippen MR) is 67.7 cm³/mol. The number of hydrogen-bond acceptors (Lipinski definition) is 6. The highest BCUT2D eigenvalue weighted by Crippen LogP contribution is 2.35. The van der Waals surface area contributed by atoms with Crippen molar-refractivity contribution in [2.45, 2.75) is 0 Å². The standard InChI is InChI=1S/C13H9N3O3/c1-2-10-12(14-5-1)13(16-19-10)15-8-3-4-9-11(6-8)18-7-17-9/h1-6H,7H2,(H,15,16). The van der Waals surface area contributed by atoms with Crippen molar-refractivity contribution in [3.05, 3.63) is 36.5 Å². The van der Waals surface area contributed by atoms with Crippen LogP contribution < -0.4 is 14.8 Å². The first kappa shape index (κ1) is 10.2. The van der Waals surface area contributed by atoms with Gasteiger partial charge in [-0.25, -0.2) is 4.98 Å². The van der Waals surface area contributed by atoms with E-state index in [1.54, 1.807) is 12.3 Å². The van der Waals surface area contributed by atoms with Crippen LogP contribution in [0.5, 0.6) is 11.5 Å². The number of benzene rings is 1. The largest absolute Gasteiger partial charge is 0.454 e. The first-order valence-electron chi connectivity index (χ1n) is 5.77. The molecule has 0 fully saturated rings. The SMILES string of the molecule is c1cnc2c(Nc3ccc4c(c3)OCO4)noc2c1. The van der Waals surface area contributed by atoms with E-state index in [2.05, 4.69) is 15.5 Å². The van der Waals surface area contributed by atoms with Crippen LogP contribution in [0.3, 0.4) is 0 Å². The Kier molecular flexibility index (Phi) is 2.08. The van der Waals surface area contributed by atoms with Crippen molar-refractivity contribution in [2.75, 3.05) is 12.1 Å². The molecule has 6 nitrogen and oxygen atoms in total. The molecule has 1 aliphatic heterocycles. The lowest BCUT2D eigenvalue weighted by molar-refractivity contribution is 0.174. The summed E-state index contributed by atoms with van der Waals surface area (Å²) in [6.07, 6.45) is 1.70. The summed E-state index contributed by atoms with van der Waals surface area (Å²) < 4.78 is 15.8. The summed E-state index contributed by atoms with van der Waals surface area (Å²) >= 11 is 0. The van der Waals surface area contributed by atoms with E-state index in [9.17, 15) is 0 Å². The van der Waals surface area contributed by atoms with E-state index in [0.29, 0.717) is 22.7 Å². The van der Waals surface area contributed by atoms with Gasteiger partial charge in [0, 0.05) is 18.0 Å². The zero-order valence-corrected chi connectivity index (χ0v) is 9.79. The lowest BCUT2D eigenvalue weighted by Crippen LogP contribution is -1.93. The Labute approximate surface area is 107 Å². The molecule has 1 aromatic carbocycles. The monoisotopic (exact) mass is 255 g/mol. The van der Waals surface area contributed by atoms with Crippen LogP contribution in [0.2, 0.25) is 0 Å². The average Bonchev–Trinajstić information content (AvgIpc) is 3.06. The summed E-state index contributed by atoms with van der Waals surface area (Å²) in [5.74, 6) is 2.04. The number of rotatable bonds is 2. The molecule has 6 heteroatoms. The number of fused-ring (bicyclic) bond motifs is 2. The third-order valence-corrected chi connectivity index (χ3v) is 2.87. The highest BCUT2D eigenvalue weighted by Gasteiger charge is 2.15. The average molecular weight is 255 g/mol. The Morgan fingerprint density at radius 2 is 2.05 bits per heavy atom. The number of aromatic nitrogens is 2. The highest BCUT2D eigenvalue weighted by atomic mass is 16.7. The molecule has 2 aromatic heterocycles. The van der Waals surface area contributed by atoms with E-state index in [1.165, 1.54) is 0 Å². The predicted octanol–water partition coefficient (Wildman–Crippen LogP) is 2.70. The van der Waals surface area contributed by atoms with Crippen molar-refractivity contribution in [3.63, 3.8) is 0 Å². The molecule has 0 spiro atoms. The van der Waals surface area contributed by atoms with Gasteiger partial charge in [-0.2, -0.15) is 0 Å². The Hall–Kier alpha value is -2.76. The van der Waals surface area contributed by atoms with Crippen molar-refractivity contribution in [1.82, 2.24) is 10.1 Å². The summed E-state index contributed by atoms with van der Waals surface area (Å²) in [5.41, 5.74) is 2.18. The second-order valence-corrected chi connectivity index (χ2v) is 4.07. The van der Waals surface area contributed by atoms with E-state index in [1.807, 2.05) is 24.3 Å². The van der Waals surface area contributed by atoms with Crippen LogP contribution in [-0.2, 0) is 0 Å². The summed E-state index contributed by atoms with van der Waals surface area (Å²) in [4.78, 5) is 4.24. The quantitative estimate of drug-likeness (QED) is 0.759. The molecule has 3 heterocycles. The third kappa shape index (κ3) is 1.65. The lowest BCUT2D eigenvalue weighted by Gasteiger charge is -2.03. The van der Waals surface area contributed by atoms with Crippen LogP contribution in [0.4, 0.5) is 11.5 Å². The van der Waals surface area contributed by atoms with Gasteiger partial charge < -0.3 is 19.3 Å². The minimum Gasteiger partial charge on any atom is -0.454 e. The Balaban J connectivity index is 1.71. The highest BCUT2D eigenvalue weighted by molar-refractivity contribution is 5.86. The van der Waals surface area contributed by atoms with Crippen molar-refractivity contribution in [1.29, 1.82) is 0 Å². The second-order valence-electron chi connectivity index (χ2n) is 4.07. The molecule has 1 N–H and O–H groups in total. The Morgan fingerprint density at radius 1 is 1.11 bits per heavy atom. The van der Waals surface area contributed by atoms with E-state index in [0.717, 1.165) is 11.4 Å². The molecule has 94 valence electrons. The van der Waals surface area contributed by atoms with E-state index < -0.39 is 0 Å². The maximum atomic E-state index is 5.32. The van der Waals surface area contributed by atoms with Gasteiger partial charge >= 0.3 is 0 Å². The van der Waals surface area contributed by atoms with Gasteiger partial charge in [-0.1, -0.05) is 5.16 Å². The Morgan fingerprint density at radius 3 is 3.05 bits per heavy atom. The van der Waals surface area contributed by atoms with Gasteiger partial charge in [0.25, 0.3) is 0 Å². The summed E-state index contributed by atoms with van der Waals surface area (Å²) in [7, 11) is 0. The summed E-state index contributed by atoms with van der Waals surface area (Å²) in [6.45, 7) is 0.257. The van der Waals surface area contributed by atoms with Crippen LogP contribution in [0.25, 0.3) is 11.1 Å². The molecular weight excluding hydrogens is 246 g/mol. The summed E-state index contributed by atoms with van der Waals surface area (Å²) in [5, 5.41) is 7.12. The molecule has 19 heavy (non-hydrogen) atoms. The zero-order valence-electron chi connectivity index (χ0n) is 9.79. The molecule has 0 unspecified atom stereocenters. The fourth-order valence-corrected chi connectivity index (χ4v) is 1.97. The van der Waals surface area contributed by atoms with Gasteiger partial charge in [0.15, 0.2) is 22.6 Å². The van der Waals surface area contributed by atoms with Crippen LogP contribution in [0.1, 0.15) is 0 Å². The maximum Gasteiger partial charge on any atom is 0.231 e. The van der Waals surface area contributed by atoms with Gasteiger partial charge in [0.1, 0.15) is 0 Å². The molecule has 4 rings (SSSR count). The van der Waals surface area contributed by atoms with E-state index in [-0.39, 0.29) is 6.79 Å². The van der Waals surface area contributed by atoms with Crippen LogP contribution in [-0.4, -0.2) is 16.9 Å². The van der Waals surface area contributed by atoms with Crippen molar-refractivity contribution in [3.8, 4) is 11.5 Å². The molecule has 1 aliphatic rings. The first-order chi connectivity index (χ1) is 9.40. The molecule has 0 bridgehead atoms. The van der Waals surface area contributed by atoms with Crippen LogP contribution >= 0.6 is 0 Å². The maximum absolute atomic E-state index is 5.32. The van der Waals surface area contributed by atoms with Gasteiger partial charge in [0.2, 0.25) is 12.6 Å². The van der Waals surface area contributed by atoms with Crippen LogP contribution in [0.15, 0.2) is 41.1 Å². The number of ether oxygens (including phenoxy) is 2. The number of pyridine rings is 1. The molecule has 0 saturated carbocycles. The van der Waals surface area contributed by atoms with Crippen molar-refractivity contribution in [2.24, 2.45) is 0 Å². The van der Waals surface area contributed by atoms with Gasteiger partial charge in [0.05, 0.1) is 0 Å². The summed E-state index contributed by atoms with van der Waals surface area (Å²) in [6, 6.07) is 9.21. The van der Waals surface area contributed by atoms with Crippen molar-refractivity contribution >= 4 is 22.6 Å². The zero-order chi connectivity index (χ0) is 12.7. The van der Waals surface area contributed by atoms with E-state index >= 15 is 0 Å². The number of nitrogens with one attached hydrogen (secondary N) is 1. The second kappa shape index (κ2) is 3.88. The lowest BCUT2D eigenvalue weighted by atomic mass is 10.2. The number of hydrogen-bond donors (Lipinski definition) is 1. The minimum atomic E-state index is 0.257.